The summed E-state index contributed by atoms with van der Waals surface area (Å²) in [7, 11) is 0. The maximum atomic E-state index is 5.47. The van der Waals surface area contributed by atoms with Crippen LogP contribution in [0.15, 0.2) is 18.3 Å². The van der Waals surface area contributed by atoms with E-state index in [4.69, 9.17) is 4.74 Å². The molecule has 0 saturated heterocycles. The molecule has 0 aromatic carbocycles. The minimum Gasteiger partial charge on any atom is -0.492 e. The molecule has 0 amide bonds. The van der Waals surface area contributed by atoms with Crippen molar-refractivity contribution < 1.29 is 4.74 Å². The van der Waals surface area contributed by atoms with Crippen LogP contribution >= 0.6 is 12.6 Å². The fraction of sp³-hybridized carbons (Fsp3) is 0.444. The normalized spacial score (nSPS) is 9.83. The highest BCUT2D eigenvalue weighted by molar-refractivity contribution is 7.80. The Morgan fingerprint density at radius 1 is 1.58 bits per heavy atom. The highest BCUT2D eigenvalue weighted by Gasteiger charge is 1.96. The van der Waals surface area contributed by atoms with Crippen LogP contribution in [0.4, 0.5) is 0 Å². The molecule has 2 nitrogen and oxygen atoms in total. The molecule has 1 heterocycles. The molecule has 0 bridgehead atoms. The Kier molecular flexibility index (Phi) is 3.94. The van der Waals surface area contributed by atoms with Gasteiger partial charge in [-0.3, -0.25) is 4.98 Å². The average Bonchev–Trinajstić information content (AvgIpc) is 2.09. The van der Waals surface area contributed by atoms with E-state index in [1.807, 2.05) is 19.1 Å². The Morgan fingerprint density at radius 2 is 2.42 bits per heavy atom. The van der Waals surface area contributed by atoms with Gasteiger partial charge in [0.05, 0.1) is 12.3 Å². The van der Waals surface area contributed by atoms with Crippen LogP contribution in [0.25, 0.3) is 0 Å². The van der Waals surface area contributed by atoms with Gasteiger partial charge in [-0.2, -0.15) is 12.6 Å². The summed E-state index contributed by atoms with van der Waals surface area (Å²) in [6.45, 7) is 2.66. The van der Waals surface area contributed by atoms with Crippen molar-refractivity contribution >= 4 is 12.6 Å². The molecule has 1 aromatic rings. The second kappa shape index (κ2) is 5.04. The fourth-order valence-electron chi connectivity index (χ4n) is 0.869. The molecule has 0 aliphatic rings. The summed E-state index contributed by atoms with van der Waals surface area (Å²) in [6, 6.07) is 3.81. The Labute approximate surface area is 78.4 Å². The first-order valence-electron chi connectivity index (χ1n) is 4.00. The van der Waals surface area contributed by atoms with Crippen molar-refractivity contribution in [1.82, 2.24) is 4.98 Å². The van der Waals surface area contributed by atoms with Gasteiger partial charge in [-0.15, -0.1) is 0 Å². The molecule has 66 valence electrons. The summed E-state index contributed by atoms with van der Waals surface area (Å²) in [6.07, 6.45) is 2.73. The van der Waals surface area contributed by atoms with Gasteiger partial charge < -0.3 is 4.74 Å². The van der Waals surface area contributed by atoms with E-state index in [2.05, 4.69) is 17.6 Å². The lowest BCUT2D eigenvalue weighted by Gasteiger charge is -2.06. The molecule has 0 aliphatic carbocycles. The molecule has 0 unspecified atom stereocenters. The largest absolute Gasteiger partial charge is 0.492 e. The highest BCUT2D eigenvalue weighted by Crippen LogP contribution is 2.13. The van der Waals surface area contributed by atoms with Crippen molar-refractivity contribution in [2.24, 2.45) is 0 Å². The van der Waals surface area contributed by atoms with Crippen molar-refractivity contribution in [2.75, 3.05) is 12.4 Å². The molecule has 0 radical (unpaired) electrons. The summed E-state index contributed by atoms with van der Waals surface area (Å²) >= 11 is 4.10. The maximum absolute atomic E-state index is 5.47. The number of hydrogen-bond acceptors (Lipinski definition) is 3. The van der Waals surface area contributed by atoms with E-state index in [9.17, 15) is 0 Å². The zero-order chi connectivity index (χ0) is 8.81. The third-order valence-corrected chi connectivity index (χ3v) is 1.83. The Morgan fingerprint density at radius 3 is 3.08 bits per heavy atom. The molecule has 1 rings (SSSR count). The van der Waals surface area contributed by atoms with Gasteiger partial charge in [0.15, 0.2) is 0 Å². The van der Waals surface area contributed by atoms with Gasteiger partial charge in [0.2, 0.25) is 0 Å². The second-order valence-electron chi connectivity index (χ2n) is 2.51. The number of hydrogen-bond donors (Lipinski definition) is 1. The lowest BCUT2D eigenvalue weighted by molar-refractivity contribution is 0.315. The zero-order valence-electron chi connectivity index (χ0n) is 7.16. The van der Waals surface area contributed by atoms with Crippen molar-refractivity contribution in [2.45, 2.75) is 13.3 Å². The number of aryl methyl sites for hydroxylation is 1. The van der Waals surface area contributed by atoms with E-state index in [1.54, 1.807) is 6.20 Å². The fourth-order valence-corrected chi connectivity index (χ4v) is 0.998. The van der Waals surface area contributed by atoms with Crippen LogP contribution in [0.3, 0.4) is 0 Å². The monoisotopic (exact) mass is 183 g/mol. The van der Waals surface area contributed by atoms with Gasteiger partial charge in [0, 0.05) is 6.20 Å². The number of ether oxygens (including phenoxy) is 1. The first-order valence-corrected chi connectivity index (χ1v) is 4.63. The summed E-state index contributed by atoms with van der Waals surface area (Å²) in [5.74, 6) is 1.73. The van der Waals surface area contributed by atoms with Gasteiger partial charge in [0.1, 0.15) is 5.75 Å². The number of nitrogens with zero attached hydrogens (tertiary/aromatic N) is 1. The smallest absolute Gasteiger partial charge is 0.140 e. The van der Waals surface area contributed by atoms with Crippen LogP contribution in [0.2, 0.25) is 0 Å². The molecule has 0 saturated carbocycles. The molecular weight excluding hydrogens is 170 g/mol. The summed E-state index contributed by atoms with van der Waals surface area (Å²) in [5.41, 5.74) is 0.941. The number of pyridine rings is 1. The van der Waals surface area contributed by atoms with Crippen LogP contribution in [0, 0.1) is 6.92 Å². The number of rotatable bonds is 4. The van der Waals surface area contributed by atoms with E-state index in [0.717, 1.165) is 30.2 Å². The van der Waals surface area contributed by atoms with E-state index >= 15 is 0 Å². The van der Waals surface area contributed by atoms with E-state index in [0.29, 0.717) is 0 Å². The van der Waals surface area contributed by atoms with Crippen molar-refractivity contribution in [1.29, 1.82) is 0 Å². The average molecular weight is 183 g/mol. The molecule has 0 aliphatic heterocycles. The maximum Gasteiger partial charge on any atom is 0.140 e. The Hall–Kier alpha value is -0.700. The lowest BCUT2D eigenvalue weighted by Crippen LogP contribution is -1.99. The predicted molar refractivity (Wildman–Crippen MR) is 52.9 cm³/mol. The standard InChI is InChI=1S/C9H13NOS/c1-8-9(4-2-5-10-8)11-6-3-7-12/h2,4-5,12H,3,6-7H2,1H3. The third-order valence-electron chi connectivity index (χ3n) is 1.52. The van der Waals surface area contributed by atoms with Crippen molar-refractivity contribution in [3.05, 3.63) is 24.0 Å². The molecule has 3 heteroatoms. The summed E-state index contributed by atoms with van der Waals surface area (Å²) in [4.78, 5) is 4.11. The topological polar surface area (TPSA) is 22.1 Å². The van der Waals surface area contributed by atoms with E-state index in [1.165, 1.54) is 0 Å². The lowest BCUT2D eigenvalue weighted by atomic mass is 10.3. The quantitative estimate of drug-likeness (QED) is 0.570. The van der Waals surface area contributed by atoms with Crippen LogP contribution in [0.5, 0.6) is 5.75 Å². The summed E-state index contributed by atoms with van der Waals surface area (Å²) < 4.78 is 5.47. The van der Waals surface area contributed by atoms with Crippen LogP contribution in [-0.2, 0) is 0 Å². The van der Waals surface area contributed by atoms with Gasteiger partial charge in [-0.25, -0.2) is 0 Å². The van der Waals surface area contributed by atoms with Gasteiger partial charge in [0.25, 0.3) is 0 Å². The highest BCUT2D eigenvalue weighted by atomic mass is 32.1. The SMILES string of the molecule is Cc1ncccc1OCCCS. The minimum absolute atomic E-state index is 0.718. The minimum atomic E-state index is 0.718. The van der Waals surface area contributed by atoms with Gasteiger partial charge >= 0.3 is 0 Å². The van der Waals surface area contributed by atoms with Crippen molar-refractivity contribution in [3.8, 4) is 5.75 Å². The number of thiol groups is 1. The molecule has 1 aromatic heterocycles. The van der Waals surface area contributed by atoms with Gasteiger partial charge in [-0.05, 0) is 31.2 Å². The molecule has 0 N–H and O–H groups in total. The zero-order valence-corrected chi connectivity index (χ0v) is 8.05. The summed E-state index contributed by atoms with van der Waals surface area (Å²) in [5, 5.41) is 0. The van der Waals surface area contributed by atoms with Gasteiger partial charge in [-0.1, -0.05) is 0 Å². The molecule has 0 spiro atoms. The molecule has 12 heavy (non-hydrogen) atoms. The van der Waals surface area contributed by atoms with E-state index < -0.39 is 0 Å². The molecule has 0 fully saturated rings. The predicted octanol–water partition coefficient (Wildman–Crippen LogP) is 2.09. The first-order chi connectivity index (χ1) is 5.84. The Bertz CT molecular complexity index is 240. The van der Waals surface area contributed by atoms with Crippen LogP contribution < -0.4 is 4.74 Å². The first kappa shape index (κ1) is 9.39. The van der Waals surface area contributed by atoms with Crippen LogP contribution in [0.1, 0.15) is 12.1 Å². The van der Waals surface area contributed by atoms with Crippen LogP contribution in [-0.4, -0.2) is 17.3 Å². The van der Waals surface area contributed by atoms with E-state index in [-0.39, 0.29) is 0 Å². The van der Waals surface area contributed by atoms with Crippen molar-refractivity contribution in [3.63, 3.8) is 0 Å². The Balaban J connectivity index is 2.46. The molecule has 0 atom stereocenters. The third kappa shape index (κ3) is 2.74. The molecular formula is C9H13NOS. The number of aromatic nitrogens is 1. The second-order valence-corrected chi connectivity index (χ2v) is 2.96.